The summed E-state index contributed by atoms with van der Waals surface area (Å²) >= 11 is 0.980. The minimum atomic E-state index is -3.77. The number of sulfonamides is 1. The molecule has 9 nitrogen and oxygen atoms in total. The van der Waals surface area contributed by atoms with Crippen LogP contribution >= 0.6 is 11.7 Å². The third-order valence-corrected chi connectivity index (χ3v) is 8.25. The quantitative estimate of drug-likeness (QED) is 0.754. The summed E-state index contributed by atoms with van der Waals surface area (Å²) in [5, 5.41) is 0. The molecular formula is C18H23N5O4S2. The lowest BCUT2D eigenvalue weighted by molar-refractivity contribution is -0.139. The van der Waals surface area contributed by atoms with Gasteiger partial charge in [-0.05, 0) is 37.8 Å². The molecule has 1 atom stereocenters. The number of nitrogens with zero attached hydrogens (tertiary/aromatic N) is 4. The third kappa shape index (κ3) is 3.86. The van der Waals surface area contributed by atoms with Crippen molar-refractivity contribution in [3.8, 4) is 0 Å². The molecule has 2 amide bonds. The number of hydrogen-bond acceptors (Lipinski definition) is 7. The molecule has 2 aromatic rings. The van der Waals surface area contributed by atoms with Crippen molar-refractivity contribution in [2.24, 2.45) is 17.6 Å². The van der Waals surface area contributed by atoms with Crippen molar-refractivity contribution >= 4 is 44.6 Å². The third-order valence-electron chi connectivity index (χ3n) is 5.81. The molecule has 2 N–H and O–H groups in total. The van der Waals surface area contributed by atoms with Crippen LogP contribution in [-0.2, 0) is 19.6 Å². The highest BCUT2D eigenvalue weighted by Crippen LogP contribution is 2.29. The van der Waals surface area contributed by atoms with Crippen LogP contribution in [-0.4, -0.2) is 64.4 Å². The zero-order valence-electron chi connectivity index (χ0n) is 15.9. The van der Waals surface area contributed by atoms with E-state index in [1.807, 2.05) is 0 Å². The largest absolute Gasteiger partial charge is 0.369 e. The van der Waals surface area contributed by atoms with Gasteiger partial charge in [0.05, 0.1) is 17.6 Å². The van der Waals surface area contributed by atoms with E-state index >= 15 is 0 Å². The lowest BCUT2D eigenvalue weighted by Gasteiger charge is -2.36. The Morgan fingerprint density at radius 2 is 1.83 bits per heavy atom. The van der Waals surface area contributed by atoms with Gasteiger partial charge in [-0.2, -0.15) is 13.1 Å². The molecule has 0 unspecified atom stereocenters. The van der Waals surface area contributed by atoms with Gasteiger partial charge in [-0.15, -0.1) is 0 Å². The number of carbonyl (C=O) groups is 2. The van der Waals surface area contributed by atoms with E-state index < -0.39 is 10.0 Å². The Labute approximate surface area is 173 Å². The van der Waals surface area contributed by atoms with Crippen LogP contribution in [0.3, 0.4) is 0 Å². The van der Waals surface area contributed by atoms with Gasteiger partial charge in [0.25, 0.3) is 0 Å². The number of fused-ring (bicyclic) bond motifs is 1. The smallest absolute Gasteiger partial charge is 0.245 e. The van der Waals surface area contributed by atoms with E-state index in [4.69, 9.17) is 5.73 Å². The molecule has 2 aliphatic rings. The van der Waals surface area contributed by atoms with E-state index in [-0.39, 0.29) is 35.1 Å². The van der Waals surface area contributed by atoms with Crippen LogP contribution in [0.1, 0.15) is 25.7 Å². The second-order valence-corrected chi connectivity index (χ2v) is 10.0. The summed E-state index contributed by atoms with van der Waals surface area (Å²) in [7, 11) is -3.77. The van der Waals surface area contributed by atoms with Crippen LogP contribution in [0.4, 0.5) is 0 Å². The number of hydrogen-bond donors (Lipinski definition) is 1. The molecule has 0 spiro atoms. The number of carbonyl (C=O) groups excluding carboxylic acids is 2. The van der Waals surface area contributed by atoms with E-state index in [0.29, 0.717) is 56.4 Å². The number of primary amides is 1. The van der Waals surface area contributed by atoms with E-state index in [2.05, 4.69) is 8.75 Å². The van der Waals surface area contributed by atoms with Gasteiger partial charge in [0.2, 0.25) is 21.8 Å². The van der Waals surface area contributed by atoms with Gasteiger partial charge in [0.1, 0.15) is 15.9 Å². The van der Waals surface area contributed by atoms with Gasteiger partial charge in [-0.3, -0.25) is 9.59 Å². The number of nitrogens with two attached hydrogens (primary N) is 1. The average Bonchev–Trinajstić information content (AvgIpc) is 3.22. The summed E-state index contributed by atoms with van der Waals surface area (Å²) in [5.74, 6) is -0.926. The highest BCUT2D eigenvalue weighted by Gasteiger charge is 2.37. The number of amides is 2. The fourth-order valence-electron chi connectivity index (χ4n) is 4.13. The highest BCUT2D eigenvalue weighted by molar-refractivity contribution is 7.89. The Morgan fingerprint density at radius 3 is 2.55 bits per heavy atom. The fourth-order valence-corrected chi connectivity index (χ4v) is 6.41. The van der Waals surface area contributed by atoms with E-state index in [9.17, 15) is 18.0 Å². The summed E-state index contributed by atoms with van der Waals surface area (Å²) in [6, 6.07) is 4.93. The summed E-state index contributed by atoms with van der Waals surface area (Å²) < 4.78 is 36.1. The molecule has 29 heavy (non-hydrogen) atoms. The Balaban J connectivity index is 1.49. The van der Waals surface area contributed by atoms with Crippen molar-refractivity contribution in [3.05, 3.63) is 18.2 Å². The summed E-state index contributed by atoms with van der Waals surface area (Å²) in [6.45, 7) is 1.51. The van der Waals surface area contributed by atoms with Crippen molar-refractivity contribution < 1.29 is 18.0 Å². The minimum absolute atomic E-state index is 0.0404. The predicted molar refractivity (Wildman–Crippen MR) is 107 cm³/mol. The van der Waals surface area contributed by atoms with Crippen LogP contribution in [0, 0.1) is 11.8 Å². The Kier molecular flexibility index (Phi) is 5.54. The lowest BCUT2D eigenvalue weighted by atomic mass is 9.93. The van der Waals surface area contributed by atoms with E-state index in [1.54, 1.807) is 23.1 Å². The normalized spacial score (nSPS) is 22.1. The molecule has 0 bridgehead atoms. The average molecular weight is 438 g/mol. The van der Waals surface area contributed by atoms with Crippen molar-refractivity contribution in [3.63, 3.8) is 0 Å². The number of benzene rings is 1. The molecule has 2 fully saturated rings. The molecule has 0 saturated carbocycles. The van der Waals surface area contributed by atoms with E-state index in [0.717, 1.165) is 11.7 Å². The number of rotatable bonds is 4. The molecule has 2 saturated heterocycles. The molecule has 1 aromatic heterocycles. The van der Waals surface area contributed by atoms with Gasteiger partial charge in [-0.25, -0.2) is 8.42 Å². The molecule has 11 heteroatoms. The first-order valence-corrected chi connectivity index (χ1v) is 11.8. The van der Waals surface area contributed by atoms with Crippen molar-refractivity contribution in [1.82, 2.24) is 18.0 Å². The van der Waals surface area contributed by atoms with Crippen molar-refractivity contribution in [1.29, 1.82) is 0 Å². The monoisotopic (exact) mass is 437 g/mol. The van der Waals surface area contributed by atoms with Gasteiger partial charge >= 0.3 is 0 Å². The lowest BCUT2D eigenvalue weighted by Crippen LogP contribution is -2.49. The van der Waals surface area contributed by atoms with Gasteiger partial charge in [-0.1, -0.05) is 6.07 Å². The molecule has 1 aromatic carbocycles. The summed E-state index contributed by atoms with van der Waals surface area (Å²) in [6.07, 6.45) is 2.41. The standard InChI is InChI=1S/C18H23N5O4S2/c19-17(24)12-6-9-22(10-7-12)18(25)13-3-2-8-23(11-13)29(26,27)15-5-1-4-14-16(15)21-28-20-14/h1,4-5,12-13H,2-3,6-11H2,(H2,19,24)/t13-/m1/s1. The maximum absolute atomic E-state index is 13.2. The molecule has 156 valence electrons. The van der Waals surface area contributed by atoms with Gasteiger partial charge in [0, 0.05) is 32.1 Å². The summed E-state index contributed by atoms with van der Waals surface area (Å²) in [4.78, 5) is 26.2. The molecule has 0 aliphatic carbocycles. The topological polar surface area (TPSA) is 127 Å². The molecule has 0 radical (unpaired) electrons. The zero-order valence-corrected chi connectivity index (χ0v) is 17.5. The first-order valence-electron chi connectivity index (χ1n) is 9.67. The van der Waals surface area contributed by atoms with E-state index in [1.165, 1.54) is 4.31 Å². The van der Waals surface area contributed by atoms with Gasteiger partial charge in [0.15, 0.2) is 0 Å². The number of piperidine rings is 2. The number of likely N-dealkylation sites (tertiary alicyclic amines) is 1. The van der Waals surface area contributed by atoms with Gasteiger partial charge < -0.3 is 10.6 Å². The van der Waals surface area contributed by atoms with Crippen molar-refractivity contribution in [2.75, 3.05) is 26.2 Å². The fraction of sp³-hybridized carbons (Fsp3) is 0.556. The highest BCUT2D eigenvalue weighted by atomic mass is 32.2. The Morgan fingerprint density at radius 1 is 1.07 bits per heavy atom. The van der Waals surface area contributed by atoms with Crippen LogP contribution in [0.5, 0.6) is 0 Å². The maximum Gasteiger partial charge on any atom is 0.245 e. The molecule has 2 aliphatic heterocycles. The zero-order chi connectivity index (χ0) is 20.6. The Hall–Kier alpha value is -2.11. The van der Waals surface area contributed by atoms with Crippen LogP contribution in [0.15, 0.2) is 23.1 Å². The minimum Gasteiger partial charge on any atom is -0.369 e. The second-order valence-electron chi connectivity index (χ2n) is 7.59. The summed E-state index contributed by atoms with van der Waals surface area (Å²) in [5.41, 5.74) is 6.29. The number of aromatic nitrogens is 2. The van der Waals surface area contributed by atoms with Crippen molar-refractivity contribution in [2.45, 2.75) is 30.6 Å². The Bertz CT molecular complexity index is 1030. The molecule has 4 rings (SSSR count). The predicted octanol–water partition coefficient (Wildman–Crippen LogP) is 0.816. The van der Waals surface area contributed by atoms with Crippen LogP contribution < -0.4 is 5.73 Å². The maximum atomic E-state index is 13.2. The second kappa shape index (κ2) is 7.96. The first-order chi connectivity index (χ1) is 13.9. The molecular weight excluding hydrogens is 414 g/mol. The molecule has 3 heterocycles. The van der Waals surface area contributed by atoms with Crippen LogP contribution in [0.25, 0.3) is 11.0 Å². The first kappa shape index (κ1) is 20.2. The van der Waals surface area contributed by atoms with Crippen LogP contribution in [0.2, 0.25) is 0 Å². The SMILES string of the molecule is NC(=O)C1CCN(C(=O)[C@@H]2CCCN(S(=O)(=O)c3cccc4nsnc34)C2)CC1.